The van der Waals surface area contributed by atoms with Gasteiger partial charge in [-0.05, 0) is 42.0 Å². The van der Waals surface area contributed by atoms with Gasteiger partial charge in [-0.1, -0.05) is 42.5 Å². The number of nitrogens with two attached hydrogens (primary N) is 1. The van der Waals surface area contributed by atoms with Gasteiger partial charge in [0.15, 0.2) is 0 Å². The van der Waals surface area contributed by atoms with Crippen molar-refractivity contribution in [1.29, 1.82) is 0 Å². The number of aromatic nitrogens is 1. The maximum atomic E-state index is 12.4. The number of carbonyl (C=O) groups excluding carboxylic acids is 1. The van der Waals surface area contributed by atoms with Gasteiger partial charge in [0.25, 0.3) is 0 Å². The van der Waals surface area contributed by atoms with Crippen LogP contribution in [0.5, 0.6) is 0 Å². The fourth-order valence-electron chi connectivity index (χ4n) is 3.28. The van der Waals surface area contributed by atoms with Crippen LogP contribution in [0.1, 0.15) is 11.1 Å². The van der Waals surface area contributed by atoms with Crippen molar-refractivity contribution < 1.29 is 4.79 Å². The maximum Gasteiger partial charge on any atom is 0.323 e. The molecule has 2 amide bonds. The number of nitrogens with zero attached hydrogens (tertiary/aromatic N) is 2. The number of benzene rings is 3. The number of hydrogen-bond acceptors (Lipinski definition) is 2. The van der Waals surface area contributed by atoms with E-state index in [2.05, 4.69) is 15.6 Å². The number of amidine groups is 1. The minimum Gasteiger partial charge on any atom is -0.383 e. The highest BCUT2D eigenvalue weighted by molar-refractivity contribution is 6.01. The smallest absolute Gasteiger partial charge is 0.323 e. The minimum absolute atomic E-state index is 0.297. The van der Waals surface area contributed by atoms with Crippen molar-refractivity contribution in [2.45, 2.75) is 6.54 Å². The Morgan fingerprint density at radius 2 is 1.70 bits per heavy atom. The van der Waals surface area contributed by atoms with E-state index >= 15 is 0 Å². The maximum absolute atomic E-state index is 12.4. The fourth-order valence-corrected chi connectivity index (χ4v) is 3.28. The molecular formula is C24H23N5O. The van der Waals surface area contributed by atoms with Gasteiger partial charge in [-0.2, -0.15) is 0 Å². The van der Waals surface area contributed by atoms with Gasteiger partial charge in [0.2, 0.25) is 0 Å². The minimum atomic E-state index is -0.297. The average Bonchev–Trinajstić information content (AvgIpc) is 3.13. The molecule has 0 aliphatic carbocycles. The molecule has 0 fully saturated rings. The number of hydrogen-bond donors (Lipinski definition) is 3. The van der Waals surface area contributed by atoms with Crippen LogP contribution in [-0.4, -0.2) is 16.4 Å². The molecule has 0 atom stereocenters. The molecule has 150 valence electrons. The topological polar surface area (TPSA) is 84.4 Å². The summed E-state index contributed by atoms with van der Waals surface area (Å²) < 4.78 is 2.04. The number of nitrogens with one attached hydrogen (secondary N) is 2. The lowest BCUT2D eigenvalue weighted by Crippen LogP contribution is -2.19. The third-order valence-electron chi connectivity index (χ3n) is 4.83. The van der Waals surface area contributed by atoms with Gasteiger partial charge >= 0.3 is 6.03 Å². The highest BCUT2D eigenvalue weighted by Gasteiger charge is 2.06. The largest absolute Gasteiger partial charge is 0.383 e. The molecule has 0 saturated heterocycles. The normalized spacial score (nSPS) is 11.4. The number of aryl methyl sites for hydroxylation is 1. The van der Waals surface area contributed by atoms with E-state index in [0.29, 0.717) is 18.1 Å². The van der Waals surface area contributed by atoms with E-state index in [-0.39, 0.29) is 6.03 Å². The standard InChI is InChI=1S/C24H23N5O/c1-29-13-12-19-15-21(10-11-22(19)29)28-24(30)27-20-9-5-6-17(14-20)16-26-23(25)18-7-3-2-4-8-18/h2-15H,16H2,1H3,(H2,25,26)(H2,27,28,30). The molecule has 0 aliphatic heterocycles. The molecule has 0 saturated carbocycles. The first kappa shape index (κ1) is 19.3. The average molecular weight is 397 g/mol. The predicted molar refractivity (Wildman–Crippen MR) is 123 cm³/mol. The van der Waals surface area contributed by atoms with Crippen LogP contribution in [0.3, 0.4) is 0 Å². The zero-order valence-electron chi connectivity index (χ0n) is 16.7. The van der Waals surface area contributed by atoms with Crippen molar-refractivity contribution >= 4 is 34.1 Å². The highest BCUT2D eigenvalue weighted by Crippen LogP contribution is 2.20. The second kappa shape index (κ2) is 8.53. The molecule has 4 rings (SSSR count). The van der Waals surface area contributed by atoms with Crippen LogP contribution >= 0.6 is 0 Å². The van der Waals surface area contributed by atoms with E-state index in [9.17, 15) is 4.79 Å². The molecule has 1 heterocycles. The highest BCUT2D eigenvalue weighted by atomic mass is 16.2. The van der Waals surface area contributed by atoms with Gasteiger partial charge < -0.3 is 20.9 Å². The summed E-state index contributed by atoms with van der Waals surface area (Å²) in [6, 6.07) is 24.8. The monoisotopic (exact) mass is 397 g/mol. The fraction of sp³-hybridized carbons (Fsp3) is 0.0833. The second-order valence-corrected chi connectivity index (χ2v) is 7.05. The first-order valence-corrected chi connectivity index (χ1v) is 9.66. The number of fused-ring (bicyclic) bond motifs is 1. The number of urea groups is 1. The Labute approximate surface area is 175 Å². The van der Waals surface area contributed by atoms with E-state index in [1.54, 1.807) is 0 Å². The molecular weight excluding hydrogens is 374 g/mol. The summed E-state index contributed by atoms with van der Waals surface area (Å²) in [5.41, 5.74) is 10.5. The lowest BCUT2D eigenvalue weighted by molar-refractivity contribution is 0.262. The van der Waals surface area contributed by atoms with Crippen LogP contribution in [-0.2, 0) is 13.6 Å². The Kier molecular flexibility index (Phi) is 5.48. The molecule has 4 N–H and O–H groups in total. The van der Waals surface area contributed by atoms with Gasteiger partial charge in [0.1, 0.15) is 5.84 Å². The number of aliphatic imine (C=N–C) groups is 1. The lowest BCUT2D eigenvalue weighted by atomic mass is 10.2. The van der Waals surface area contributed by atoms with E-state index in [0.717, 1.165) is 27.7 Å². The summed E-state index contributed by atoms with van der Waals surface area (Å²) in [4.78, 5) is 16.9. The summed E-state index contributed by atoms with van der Waals surface area (Å²) in [5, 5.41) is 6.82. The van der Waals surface area contributed by atoms with Gasteiger partial charge in [-0.3, -0.25) is 4.99 Å². The first-order chi connectivity index (χ1) is 14.6. The summed E-state index contributed by atoms with van der Waals surface area (Å²) in [7, 11) is 1.99. The van der Waals surface area contributed by atoms with Crippen molar-refractivity contribution in [2.24, 2.45) is 17.8 Å². The lowest BCUT2D eigenvalue weighted by Gasteiger charge is -2.09. The molecule has 6 heteroatoms. The third kappa shape index (κ3) is 4.50. The number of carbonyl (C=O) groups is 1. The van der Waals surface area contributed by atoms with Crippen LogP contribution in [0.25, 0.3) is 10.9 Å². The Hall–Kier alpha value is -4.06. The molecule has 30 heavy (non-hydrogen) atoms. The third-order valence-corrected chi connectivity index (χ3v) is 4.83. The molecule has 0 bridgehead atoms. The van der Waals surface area contributed by atoms with Gasteiger partial charge in [-0.25, -0.2) is 4.79 Å². The summed E-state index contributed by atoms with van der Waals surface area (Å²) in [5.74, 6) is 0.489. The Morgan fingerprint density at radius 3 is 2.50 bits per heavy atom. The molecule has 0 aliphatic rings. The quantitative estimate of drug-likeness (QED) is 0.336. The summed E-state index contributed by atoms with van der Waals surface area (Å²) in [6.07, 6.45) is 1.99. The predicted octanol–water partition coefficient (Wildman–Crippen LogP) is 4.73. The Bertz CT molecular complexity index is 1210. The molecule has 4 aromatic rings. The Balaban J connectivity index is 1.40. The zero-order valence-corrected chi connectivity index (χ0v) is 16.7. The number of rotatable bonds is 5. The van der Waals surface area contributed by atoms with Gasteiger partial charge in [0.05, 0.1) is 6.54 Å². The molecule has 0 spiro atoms. The van der Waals surface area contributed by atoms with Crippen LogP contribution in [0.2, 0.25) is 0 Å². The van der Waals surface area contributed by atoms with E-state index in [1.807, 2.05) is 96.7 Å². The van der Waals surface area contributed by atoms with E-state index in [1.165, 1.54) is 0 Å². The van der Waals surface area contributed by atoms with Crippen molar-refractivity contribution in [3.63, 3.8) is 0 Å². The second-order valence-electron chi connectivity index (χ2n) is 7.05. The molecule has 6 nitrogen and oxygen atoms in total. The number of amides is 2. The van der Waals surface area contributed by atoms with Gasteiger partial charge in [-0.15, -0.1) is 0 Å². The summed E-state index contributed by atoms with van der Waals surface area (Å²) >= 11 is 0. The van der Waals surface area contributed by atoms with Crippen molar-refractivity contribution in [3.8, 4) is 0 Å². The van der Waals surface area contributed by atoms with Crippen LogP contribution in [0.4, 0.5) is 16.2 Å². The Morgan fingerprint density at radius 1 is 0.933 bits per heavy atom. The number of anilines is 2. The van der Waals surface area contributed by atoms with Crippen molar-refractivity contribution in [2.75, 3.05) is 10.6 Å². The molecule has 0 unspecified atom stereocenters. The zero-order chi connectivity index (χ0) is 20.9. The van der Waals surface area contributed by atoms with E-state index in [4.69, 9.17) is 5.73 Å². The van der Waals surface area contributed by atoms with E-state index < -0.39 is 0 Å². The first-order valence-electron chi connectivity index (χ1n) is 9.66. The van der Waals surface area contributed by atoms with Crippen molar-refractivity contribution in [3.05, 3.63) is 96.2 Å². The molecule has 0 radical (unpaired) electrons. The van der Waals surface area contributed by atoms with Crippen LogP contribution < -0.4 is 16.4 Å². The van der Waals surface area contributed by atoms with Crippen LogP contribution in [0.15, 0.2) is 90.1 Å². The van der Waals surface area contributed by atoms with Crippen LogP contribution in [0, 0.1) is 0 Å². The van der Waals surface area contributed by atoms with Gasteiger partial charge in [0, 0.05) is 41.1 Å². The van der Waals surface area contributed by atoms with Crippen molar-refractivity contribution in [1.82, 2.24) is 4.57 Å². The SMILES string of the molecule is Cn1ccc2cc(NC(=O)Nc3cccc(CN=C(N)c4ccccc4)c3)ccc21. The molecule has 3 aromatic carbocycles. The molecule has 1 aromatic heterocycles. The summed E-state index contributed by atoms with van der Waals surface area (Å²) in [6.45, 7) is 0.433.